The van der Waals surface area contributed by atoms with Crippen LogP contribution in [-0.4, -0.2) is 40.5 Å². The Morgan fingerprint density at radius 2 is 1.87 bits per heavy atom. The second-order valence-electron chi connectivity index (χ2n) is 6.16. The number of carbonyl (C=O) groups is 1. The van der Waals surface area contributed by atoms with Crippen molar-refractivity contribution in [1.82, 2.24) is 20.6 Å². The lowest BCUT2D eigenvalue weighted by Gasteiger charge is -2.06. The lowest BCUT2D eigenvalue weighted by molar-refractivity contribution is -0.119. The largest absolute Gasteiger partial charge is 0.493 e. The third kappa shape index (κ3) is 6.44. The number of carbonyl (C=O) groups excluding carboxylic acids is 1. The zero-order chi connectivity index (χ0) is 21.2. The first-order valence-corrected chi connectivity index (χ1v) is 9.12. The first-order valence-electron chi connectivity index (χ1n) is 9.12. The van der Waals surface area contributed by atoms with E-state index in [9.17, 15) is 14.4 Å². The van der Waals surface area contributed by atoms with Crippen molar-refractivity contribution >= 4 is 17.9 Å². The number of amides is 1. The molecular formula is C20H20N6O4. The van der Waals surface area contributed by atoms with Crippen molar-refractivity contribution in [2.45, 2.75) is 6.42 Å². The Labute approximate surface area is 171 Å². The molecule has 3 aromatic rings. The fourth-order valence-electron chi connectivity index (χ4n) is 2.43. The van der Waals surface area contributed by atoms with Crippen LogP contribution in [0.3, 0.4) is 0 Å². The van der Waals surface area contributed by atoms with E-state index in [-0.39, 0.29) is 12.4 Å². The second-order valence-corrected chi connectivity index (χ2v) is 6.16. The molecule has 10 nitrogen and oxygen atoms in total. The van der Waals surface area contributed by atoms with E-state index in [1.54, 1.807) is 0 Å². The predicted octanol–water partition coefficient (Wildman–Crippen LogP) is 0.642. The average Bonchev–Trinajstić information content (AvgIpc) is 2.75. The number of rotatable bonds is 9. The predicted molar refractivity (Wildman–Crippen MR) is 112 cm³/mol. The number of hydrogen-bond donors (Lipinski definition) is 4. The SMILES string of the molecule is O=C(CNc1n[nH]c(=O)[nH]c1=O)N/N=C/c1ccc(OCCc2ccccc2)cc1. The molecule has 154 valence electrons. The van der Waals surface area contributed by atoms with Gasteiger partial charge in [0.1, 0.15) is 5.75 Å². The van der Waals surface area contributed by atoms with Gasteiger partial charge in [-0.1, -0.05) is 30.3 Å². The molecule has 0 aliphatic carbocycles. The average molecular weight is 408 g/mol. The smallest absolute Gasteiger partial charge is 0.342 e. The number of hydrazone groups is 1. The van der Waals surface area contributed by atoms with Gasteiger partial charge in [-0.3, -0.25) is 14.6 Å². The summed E-state index contributed by atoms with van der Waals surface area (Å²) in [5.74, 6) is 0.0889. The molecule has 0 saturated carbocycles. The summed E-state index contributed by atoms with van der Waals surface area (Å²) in [6, 6.07) is 17.4. The highest BCUT2D eigenvalue weighted by atomic mass is 16.5. The van der Waals surface area contributed by atoms with E-state index in [1.807, 2.05) is 47.4 Å². The summed E-state index contributed by atoms with van der Waals surface area (Å²) in [6.07, 6.45) is 2.31. The molecule has 4 N–H and O–H groups in total. The molecule has 0 spiro atoms. The van der Waals surface area contributed by atoms with Crippen molar-refractivity contribution in [3.05, 3.63) is 86.6 Å². The minimum absolute atomic E-state index is 0.170. The Morgan fingerprint density at radius 1 is 1.10 bits per heavy atom. The number of benzene rings is 2. The van der Waals surface area contributed by atoms with Gasteiger partial charge in [-0.15, -0.1) is 5.10 Å². The topological polar surface area (TPSA) is 141 Å². The number of nitrogens with zero attached hydrogens (tertiary/aromatic N) is 2. The van der Waals surface area contributed by atoms with Gasteiger partial charge in [0.2, 0.25) is 5.82 Å². The Bertz CT molecular complexity index is 1110. The van der Waals surface area contributed by atoms with Gasteiger partial charge in [0.15, 0.2) is 0 Å². The van der Waals surface area contributed by atoms with Gasteiger partial charge < -0.3 is 10.1 Å². The fourth-order valence-corrected chi connectivity index (χ4v) is 2.43. The summed E-state index contributed by atoms with van der Waals surface area (Å²) >= 11 is 0. The van der Waals surface area contributed by atoms with E-state index in [2.05, 4.69) is 38.2 Å². The van der Waals surface area contributed by atoms with Gasteiger partial charge in [-0.05, 0) is 35.4 Å². The van der Waals surface area contributed by atoms with Crippen LogP contribution >= 0.6 is 0 Å². The molecule has 0 fully saturated rings. The summed E-state index contributed by atoms with van der Waals surface area (Å²) in [6.45, 7) is 0.334. The molecule has 0 unspecified atom stereocenters. The van der Waals surface area contributed by atoms with E-state index in [1.165, 1.54) is 11.8 Å². The van der Waals surface area contributed by atoms with E-state index >= 15 is 0 Å². The number of H-pyrrole nitrogens is 2. The van der Waals surface area contributed by atoms with Crippen LogP contribution < -0.4 is 26.7 Å². The van der Waals surface area contributed by atoms with Crippen LogP contribution in [0.4, 0.5) is 5.82 Å². The number of nitrogens with one attached hydrogen (secondary N) is 4. The molecular weight excluding hydrogens is 388 g/mol. The highest BCUT2D eigenvalue weighted by Gasteiger charge is 2.04. The Morgan fingerprint density at radius 3 is 2.60 bits per heavy atom. The summed E-state index contributed by atoms with van der Waals surface area (Å²) in [5, 5.41) is 11.9. The molecule has 0 aliphatic rings. The summed E-state index contributed by atoms with van der Waals surface area (Å²) in [5.41, 5.74) is 2.86. The molecule has 10 heteroatoms. The number of aromatic amines is 2. The van der Waals surface area contributed by atoms with Crippen molar-refractivity contribution in [3.8, 4) is 5.75 Å². The molecule has 1 amide bonds. The minimum atomic E-state index is -0.729. The van der Waals surface area contributed by atoms with Gasteiger partial charge in [0.05, 0.1) is 19.4 Å². The van der Waals surface area contributed by atoms with Gasteiger partial charge in [-0.2, -0.15) is 5.10 Å². The van der Waals surface area contributed by atoms with Crippen LogP contribution in [0.5, 0.6) is 5.75 Å². The third-order valence-electron chi connectivity index (χ3n) is 3.91. The fraction of sp³-hybridized carbons (Fsp3) is 0.150. The molecule has 0 bridgehead atoms. The lowest BCUT2D eigenvalue weighted by Crippen LogP contribution is -2.31. The summed E-state index contributed by atoms with van der Waals surface area (Å²) < 4.78 is 5.72. The first kappa shape index (κ1) is 20.5. The number of ether oxygens (including phenoxy) is 1. The standard InChI is InChI=1S/C20H20N6O4/c27-17(13-21-18-19(28)23-20(29)26-25-18)24-22-12-15-6-8-16(9-7-15)30-11-10-14-4-2-1-3-5-14/h1-9,12H,10-11,13H2,(H,21,25)(H,24,27)(H2,23,26,28,29)/b22-12+. The quantitative estimate of drug-likeness (QED) is 0.302. The molecule has 2 aromatic carbocycles. The van der Waals surface area contributed by atoms with Crippen LogP contribution in [0.1, 0.15) is 11.1 Å². The Balaban J connectivity index is 1.40. The third-order valence-corrected chi connectivity index (χ3v) is 3.91. The number of anilines is 1. The monoisotopic (exact) mass is 408 g/mol. The maximum atomic E-state index is 11.8. The Kier molecular flexibility index (Phi) is 7.09. The van der Waals surface area contributed by atoms with Crippen LogP contribution in [-0.2, 0) is 11.2 Å². The zero-order valence-corrected chi connectivity index (χ0v) is 15.9. The molecule has 0 radical (unpaired) electrons. The van der Waals surface area contributed by atoms with Crippen molar-refractivity contribution < 1.29 is 9.53 Å². The van der Waals surface area contributed by atoms with E-state index in [0.29, 0.717) is 6.61 Å². The molecule has 30 heavy (non-hydrogen) atoms. The van der Waals surface area contributed by atoms with Gasteiger partial charge >= 0.3 is 5.69 Å². The zero-order valence-electron chi connectivity index (χ0n) is 15.9. The lowest BCUT2D eigenvalue weighted by atomic mass is 10.2. The van der Waals surface area contributed by atoms with Gasteiger partial charge in [-0.25, -0.2) is 15.3 Å². The van der Waals surface area contributed by atoms with Crippen molar-refractivity contribution in [2.75, 3.05) is 18.5 Å². The minimum Gasteiger partial charge on any atom is -0.493 e. The normalized spacial score (nSPS) is 10.7. The molecule has 0 aliphatic heterocycles. The second kappa shape index (κ2) is 10.4. The van der Waals surface area contributed by atoms with Gasteiger partial charge in [0, 0.05) is 6.42 Å². The number of aromatic nitrogens is 3. The van der Waals surface area contributed by atoms with Gasteiger partial charge in [0.25, 0.3) is 11.5 Å². The van der Waals surface area contributed by atoms with Crippen LogP contribution in [0.15, 0.2) is 69.3 Å². The molecule has 1 heterocycles. The van der Waals surface area contributed by atoms with Crippen molar-refractivity contribution in [2.24, 2.45) is 5.10 Å². The summed E-state index contributed by atoms with van der Waals surface area (Å²) in [7, 11) is 0. The van der Waals surface area contributed by atoms with Crippen molar-refractivity contribution in [3.63, 3.8) is 0 Å². The van der Waals surface area contributed by atoms with E-state index in [4.69, 9.17) is 4.74 Å². The van der Waals surface area contributed by atoms with Crippen molar-refractivity contribution in [1.29, 1.82) is 0 Å². The van der Waals surface area contributed by atoms with E-state index < -0.39 is 17.2 Å². The molecule has 0 saturated heterocycles. The van der Waals surface area contributed by atoms with Crippen LogP contribution in [0.25, 0.3) is 0 Å². The Hall–Kier alpha value is -4.21. The molecule has 1 aromatic heterocycles. The van der Waals surface area contributed by atoms with Crippen LogP contribution in [0, 0.1) is 0 Å². The molecule has 3 rings (SSSR count). The van der Waals surface area contributed by atoms with Crippen LogP contribution in [0.2, 0.25) is 0 Å². The first-order chi connectivity index (χ1) is 14.6. The maximum Gasteiger partial charge on any atom is 0.342 e. The maximum absolute atomic E-state index is 11.8. The molecule has 0 atom stereocenters. The number of hydrogen-bond acceptors (Lipinski definition) is 7. The highest BCUT2D eigenvalue weighted by molar-refractivity contribution is 5.84. The van der Waals surface area contributed by atoms with E-state index in [0.717, 1.165) is 17.7 Å². The summed E-state index contributed by atoms with van der Waals surface area (Å²) in [4.78, 5) is 36.1. The highest BCUT2D eigenvalue weighted by Crippen LogP contribution is 2.12.